The van der Waals surface area contributed by atoms with E-state index >= 15 is 0 Å². The lowest BCUT2D eigenvalue weighted by molar-refractivity contribution is -0.120. The third-order valence-corrected chi connectivity index (χ3v) is 3.00. The second-order valence-corrected chi connectivity index (χ2v) is 5.62. The molecule has 6 heteroatoms. The lowest BCUT2D eigenvalue weighted by Crippen LogP contribution is -2.43. The van der Waals surface area contributed by atoms with Crippen LogP contribution >= 0.6 is 24.0 Å². The summed E-state index contributed by atoms with van der Waals surface area (Å²) < 4.78 is 0. The number of aliphatic imine (C=N–C) groups is 1. The van der Waals surface area contributed by atoms with Gasteiger partial charge in [0.25, 0.3) is 0 Å². The van der Waals surface area contributed by atoms with E-state index < -0.39 is 0 Å². The Bertz CT molecular complexity index is 295. The second kappa shape index (κ2) is 14.4. The van der Waals surface area contributed by atoms with E-state index in [9.17, 15) is 4.79 Å². The zero-order valence-electron chi connectivity index (χ0n) is 14.2. The number of amides is 1. The topological polar surface area (TPSA) is 65.5 Å². The van der Waals surface area contributed by atoms with E-state index in [1.807, 2.05) is 6.92 Å². The van der Waals surface area contributed by atoms with Crippen molar-refractivity contribution in [1.29, 1.82) is 0 Å². The van der Waals surface area contributed by atoms with Crippen molar-refractivity contribution in [3.05, 3.63) is 0 Å². The molecule has 0 heterocycles. The van der Waals surface area contributed by atoms with Gasteiger partial charge in [0.1, 0.15) is 0 Å². The molecule has 1 amide bonds. The van der Waals surface area contributed by atoms with Crippen LogP contribution in [0.25, 0.3) is 0 Å². The molecule has 0 aliphatic rings. The van der Waals surface area contributed by atoms with Gasteiger partial charge in [0.05, 0.1) is 0 Å². The van der Waals surface area contributed by atoms with Crippen molar-refractivity contribution in [2.24, 2.45) is 10.9 Å². The van der Waals surface area contributed by atoms with E-state index in [0.29, 0.717) is 19.0 Å². The highest BCUT2D eigenvalue weighted by Gasteiger charge is 2.07. The van der Waals surface area contributed by atoms with Gasteiger partial charge < -0.3 is 16.0 Å². The van der Waals surface area contributed by atoms with Crippen molar-refractivity contribution in [2.75, 3.05) is 20.1 Å². The fourth-order valence-corrected chi connectivity index (χ4v) is 1.73. The van der Waals surface area contributed by atoms with Gasteiger partial charge >= 0.3 is 0 Å². The van der Waals surface area contributed by atoms with E-state index in [-0.39, 0.29) is 29.9 Å². The Balaban J connectivity index is 0. The minimum Gasteiger partial charge on any atom is -0.356 e. The van der Waals surface area contributed by atoms with Crippen molar-refractivity contribution >= 4 is 35.8 Å². The van der Waals surface area contributed by atoms with Crippen LogP contribution in [0.4, 0.5) is 0 Å². The van der Waals surface area contributed by atoms with Crippen LogP contribution in [0.2, 0.25) is 0 Å². The van der Waals surface area contributed by atoms with Crippen molar-refractivity contribution in [1.82, 2.24) is 16.0 Å². The van der Waals surface area contributed by atoms with Gasteiger partial charge in [-0.15, -0.1) is 24.0 Å². The number of nitrogens with one attached hydrogen (secondary N) is 3. The molecule has 21 heavy (non-hydrogen) atoms. The van der Waals surface area contributed by atoms with Crippen LogP contribution in [-0.2, 0) is 4.79 Å². The number of hydrogen-bond donors (Lipinski definition) is 3. The Hall–Kier alpha value is -0.530. The van der Waals surface area contributed by atoms with E-state index in [4.69, 9.17) is 0 Å². The summed E-state index contributed by atoms with van der Waals surface area (Å²) in [7, 11) is 1.75. The lowest BCUT2D eigenvalue weighted by Gasteiger charge is -2.18. The maximum Gasteiger partial charge on any atom is 0.221 e. The van der Waals surface area contributed by atoms with Crippen LogP contribution in [0.15, 0.2) is 4.99 Å². The summed E-state index contributed by atoms with van der Waals surface area (Å²) in [4.78, 5) is 15.6. The smallest absolute Gasteiger partial charge is 0.221 e. The molecular weight excluding hydrogens is 379 g/mol. The fourth-order valence-electron chi connectivity index (χ4n) is 1.73. The van der Waals surface area contributed by atoms with Crippen LogP contribution in [-0.4, -0.2) is 38.0 Å². The fraction of sp³-hybridized carbons (Fsp3) is 0.867. The van der Waals surface area contributed by atoms with Gasteiger partial charge in [0, 0.05) is 32.6 Å². The predicted octanol–water partition coefficient (Wildman–Crippen LogP) is 2.51. The van der Waals surface area contributed by atoms with Crippen LogP contribution < -0.4 is 16.0 Å². The molecule has 0 aliphatic carbocycles. The summed E-state index contributed by atoms with van der Waals surface area (Å²) in [5, 5.41) is 9.38. The first kappa shape index (κ1) is 22.7. The maximum absolute atomic E-state index is 11.5. The van der Waals surface area contributed by atoms with Crippen LogP contribution in [0.3, 0.4) is 0 Å². The molecule has 126 valence electrons. The number of hydrogen-bond acceptors (Lipinski definition) is 2. The third kappa shape index (κ3) is 14.2. The number of halogens is 1. The summed E-state index contributed by atoms with van der Waals surface area (Å²) in [5.41, 5.74) is 0. The summed E-state index contributed by atoms with van der Waals surface area (Å²) >= 11 is 0. The van der Waals surface area contributed by atoms with Gasteiger partial charge in [0.15, 0.2) is 5.96 Å². The summed E-state index contributed by atoms with van der Waals surface area (Å²) in [6.07, 6.45) is 3.76. The van der Waals surface area contributed by atoms with E-state index in [0.717, 1.165) is 31.3 Å². The Kier molecular flexibility index (Phi) is 15.6. The largest absolute Gasteiger partial charge is 0.356 e. The molecule has 0 saturated carbocycles. The Morgan fingerprint density at radius 3 is 2.29 bits per heavy atom. The van der Waals surface area contributed by atoms with Crippen molar-refractivity contribution < 1.29 is 4.79 Å². The Labute approximate surface area is 147 Å². The molecule has 0 rings (SSSR count). The highest BCUT2D eigenvalue weighted by Crippen LogP contribution is 2.06. The molecule has 0 aliphatic heterocycles. The van der Waals surface area contributed by atoms with Crippen molar-refractivity contribution in [3.63, 3.8) is 0 Å². The highest BCUT2D eigenvalue weighted by atomic mass is 127. The second-order valence-electron chi connectivity index (χ2n) is 5.62. The number of carbonyl (C=O) groups excluding carboxylic acids is 1. The van der Waals surface area contributed by atoms with Crippen LogP contribution in [0, 0.1) is 5.92 Å². The van der Waals surface area contributed by atoms with Gasteiger partial charge in [-0.05, 0) is 32.1 Å². The number of nitrogens with zero attached hydrogens (tertiary/aromatic N) is 1. The van der Waals surface area contributed by atoms with Gasteiger partial charge in [0.2, 0.25) is 5.91 Å². The minimum absolute atomic E-state index is 0. The van der Waals surface area contributed by atoms with Gasteiger partial charge in [-0.25, -0.2) is 0 Å². The maximum atomic E-state index is 11.5. The summed E-state index contributed by atoms with van der Waals surface area (Å²) in [5.74, 6) is 1.57. The quantitative estimate of drug-likeness (QED) is 0.310. The Morgan fingerprint density at radius 1 is 1.10 bits per heavy atom. The zero-order valence-corrected chi connectivity index (χ0v) is 16.5. The van der Waals surface area contributed by atoms with Crippen LogP contribution in [0.1, 0.15) is 53.4 Å². The molecular formula is C15H33IN4O. The first-order chi connectivity index (χ1) is 9.49. The molecule has 0 aromatic carbocycles. The molecule has 0 fully saturated rings. The lowest BCUT2D eigenvalue weighted by atomic mass is 10.0. The molecule has 3 N–H and O–H groups in total. The Morgan fingerprint density at radius 2 is 1.76 bits per heavy atom. The predicted molar refractivity (Wildman–Crippen MR) is 101 cm³/mol. The molecule has 0 radical (unpaired) electrons. The SMILES string of the molecule is CCCNC(=O)CCNC(=NC)NC(C)CCC(C)C.I. The molecule has 1 unspecified atom stereocenters. The number of rotatable bonds is 9. The molecule has 0 aromatic rings. The molecule has 0 spiro atoms. The van der Waals surface area contributed by atoms with Gasteiger partial charge in [-0.1, -0.05) is 20.8 Å². The average Bonchev–Trinajstić information content (AvgIpc) is 2.41. The number of carbonyl (C=O) groups is 1. The van der Waals surface area contributed by atoms with E-state index in [2.05, 4.69) is 41.7 Å². The third-order valence-electron chi connectivity index (χ3n) is 3.00. The van der Waals surface area contributed by atoms with Gasteiger partial charge in [-0.2, -0.15) is 0 Å². The molecule has 0 saturated heterocycles. The van der Waals surface area contributed by atoms with E-state index in [1.165, 1.54) is 6.42 Å². The first-order valence-electron chi connectivity index (χ1n) is 7.73. The molecule has 1 atom stereocenters. The first-order valence-corrected chi connectivity index (χ1v) is 7.73. The average molecular weight is 412 g/mol. The highest BCUT2D eigenvalue weighted by molar-refractivity contribution is 14.0. The van der Waals surface area contributed by atoms with Crippen LogP contribution in [0.5, 0.6) is 0 Å². The van der Waals surface area contributed by atoms with Gasteiger partial charge in [-0.3, -0.25) is 9.79 Å². The summed E-state index contributed by atoms with van der Waals surface area (Å²) in [6.45, 7) is 10.0. The van der Waals surface area contributed by atoms with Crippen molar-refractivity contribution in [2.45, 2.75) is 59.4 Å². The normalized spacial score (nSPS) is 12.6. The summed E-state index contributed by atoms with van der Waals surface area (Å²) in [6, 6.07) is 0.387. The monoisotopic (exact) mass is 412 g/mol. The zero-order chi connectivity index (χ0) is 15.4. The standard InChI is InChI=1S/C15H32N4O.HI/c1-6-10-17-14(20)9-11-18-15(16-5)19-13(4)8-7-12(2)3;/h12-13H,6-11H2,1-5H3,(H,17,20)(H2,16,18,19);1H. The molecule has 0 bridgehead atoms. The van der Waals surface area contributed by atoms with Crippen molar-refractivity contribution in [3.8, 4) is 0 Å². The molecule has 0 aromatic heterocycles. The number of guanidine groups is 1. The van der Waals surface area contributed by atoms with E-state index in [1.54, 1.807) is 7.05 Å². The molecule has 5 nitrogen and oxygen atoms in total. The minimum atomic E-state index is 0.